The maximum atomic E-state index is 14.0. The minimum absolute atomic E-state index is 0.144. The first-order valence-electron chi connectivity index (χ1n) is 9.32. The second-order valence-corrected chi connectivity index (χ2v) is 7.04. The highest BCUT2D eigenvalue weighted by Gasteiger charge is 2.13. The third-order valence-corrected chi connectivity index (χ3v) is 5.11. The van der Waals surface area contributed by atoms with Gasteiger partial charge in [-0.15, -0.1) is 0 Å². The molecule has 28 heavy (non-hydrogen) atoms. The molecule has 4 aromatic rings. The van der Waals surface area contributed by atoms with Crippen LogP contribution in [0, 0.1) is 19.7 Å². The molecule has 1 amide bonds. The maximum Gasteiger partial charge on any atom is 0.244 e. The zero-order valence-electron chi connectivity index (χ0n) is 15.9. The molecule has 0 radical (unpaired) electrons. The molecule has 142 valence electrons. The predicted molar refractivity (Wildman–Crippen MR) is 112 cm³/mol. The first-order valence-corrected chi connectivity index (χ1v) is 9.32. The molecule has 0 saturated heterocycles. The van der Waals surface area contributed by atoms with E-state index in [0.29, 0.717) is 18.5 Å². The molecule has 0 bridgehead atoms. The standard InChI is InChI=1S/C23H22FN3O/c1-14-3-6-19(24)23-22(14)18(15(2)27-23)10-12-26-21(28)8-5-16-4-7-20-17(13-16)9-11-25-20/h3-9,11,13,25,27H,10,12H2,1-2H3,(H,26,28)/b8-5+. The van der Waals surface area contributed by atoms with E-state index in [1.54, 1.807) is 18.2 Å². The summed E-state index contributed by atoms with van der Waals surface area (Å²) < 4.78 is 14.0. The van der Waals surface area contributed by atoms with Gasteiger partial charge in [0.1, 0.15) is 5.82 Å². The summed E-state index contributed by atoms with van der Waals surface area (Å²) in [5.41, 5.74) is 5.60. The Morgan fingerprint density at radius 2 is 2.04 bits per heavy atom. The molecule has 0 saturated carbocycles. The summed E-state index contributed by atoms with van der Waals surface area (Å²) in [6.07, 6.45) is 5.88. The van der Waals surface area contributed by atoms with Crippen molar-refractivity contribution in [3.63, 3.8) is 0 Å². The predicted octanol–water partition coefficient (Wildman–Crippen LogP) is 4.78. The van der Waals surface area contributed by atoms with E-state index < -0.39 is 0 Å². The van der Waals surface area contributed by atoms with Crippen molar-refractivity contribution in [3.8, 4) is 0 Å². The van der Waals surface area contributed by atoms with Crippen LogP contribution in [0.4, 0.5) is 4.39 Å². The third-order valence-electron chi connectivity index (χ3n) is 5.11. The Labute approximate surface area is 162 Å². The second kappa shape index (κ2) is 7.35. The number of carbonyl (C=O) groups excluding carboxylic acids is 1. The Morgan fingerprint density at radius 1 is 1.18 bits per heavy atom. The lowest BCUT2D eigenvalue weighted by atomic mass is 10.0. The fourth-order valence-corrected chi connectivity index (χ4v) is 3.67. The van der Waals surface area contributed by atoms with Crippen molar-refractivity contribution in [2.75, 3.05) is 6.54 Å². The van der Waals surface area contributed by atoms with Crippen LogP contribution in [-0.2, 0) is 11.2 Å². The van der Waals surface area contributed by atoms with Crippen molar-refractivity contribution in [2.24, 2.45) is 0 Å². The molecule has 0 aliphatic rings. The minimum Gasteiger partial charge on any atom is -0.361 e. The molecule has 3 N–H and O–H groups in total. The molecular formula is C23H22FN3O. The third kappa shape index (κ3) is 3.43. The summed E-state index contributed by atoms with van der Waals surface area (Å²) in [6, 6.07) is 11.3. The number of aromatic amines is 2. The van der Waals surface area contributed by atoms with Gasteiger partial charge < -0.3 is 15.3 Å². The van der Waals surface area contributed by atoms with Crippen molar-refractivity contribution in [1.82, 2.24) is 15.3 Å². The molecule has 2 aromatic heterocycles. The fraction of sp³-hybridized carbons (Fsp3) is 0.174. The molecule has 4 nitrogen and oxygen atoms in total. The van der Waals surface area contributed by atoms with Crippen LogP contribution < -0.4 is 5.32 Å². The van der Waals surface area contributed by atoms with E-state index in [9.17, 15) is 9.18 Å². The first-order chi connectivity index (χ1) is 13.5. The molecule has 0 fully saturated rings. The van der Waals surface area contributed by atoms with Crippen LogP contribution in [-0.4, -0.2) is 22.4 Å². The van der Waals surface area contributed by atoms with Gasteiger partial charge in [-0.1, -0.05) is 12.1 Å². The smallest absolute Gasteiger partial charge is 0.244 e. The lowest BCUT2D eigenvalue weighted by Crippen LogP contribution is -2.23. The Morgan fingerprint density at radius 3 is 2.89 bits per heavy atom. The molecule has 2 heterocycles. The molecule has 0 unspecified atom stereocenters. The summed E-state index contributed by atoms with van der Waals surface area (Å²) in [6.45, 7) is 4.40. The number of aromatic nitrogens is 2. The van der Waals surface area contributed by atoms with E-state index in [2.05, 4.69) is 15.3 Å². The van der Waals surface area contributed by atoms with Crippen LogP contribution in [0.2, 0.25) is 0 Å². The van der Waals surface area contributed by atoms with E-state index >= 15 is 0 Å². The molecular weight excluding hydrogens is 353 g/mol. The van der Waals surface area contributed by atoms with E-state index in [1.165, 1.54) is 6.07 Å². The van der Waals surface area contributed by atoms with E-state index in [0.717, 1.165) is 38.7 Å². The summed E-state index contributed by atoms with van der Waals surface area (Å²) in [4.78, 5) is 18.4. The molecule has 0 aliphatic heterocycles. The van der Waals surface area contributed by atoms with Crippen molar-refractivity contribution in [1.29, 1.82) is 0 Å². The van der Waals surface area contributed by atoms with Gasteiger partial charge in [-0.05, 0) is 72.7 Å². The van der Waals surface area contributed by atoms with Crippen molar-refractivity contribution >= 4 is 33.8 Å². The molecule has 0 spiro atoms. The lowest BCUT2D eigenvalue weighted by molar-refractivity contribution is -0.116. The van der Waals surface area contributed by atoms with Crippen molar-refractivity contribution in [2.45, 2.75) is 20.3 Å². The average molecular weight is 375 g/mol. The number of benzene rings is 2. The van der Waals surface area contributed by atoms with E-state index in [1.807, 2.05) is 44.3 Å². The van der Waals surface area contributed by atoms with Gasteiger partial charge in [0.15, 0.2) is 0 Å². The van der Waals surface area contributed by atoms with Gasteiger partial charge in [0.2, 0.25) is 5.91 Å². The largest absolute Gasteiger partial charge is 0.361 e. The number of amides is 1. The van der Waals surface area contributed by atoms with Crippen LogP contribution in [0.25, 0.3) is 27.9 Å². The number of hydrogen-bond acceptors (Lipinski definition) is 1. The number of H-pyrrole nitrogens is 2. The zero-order valence-corrected chi connectivity index (χ0v) is 15.9. The molecule has 0 aliphatic carbocycles. The SMILES string of the molecule is Cc1[nH]c2c(F)ccc(C)c2c1CCNC(=O)/C=C/c1ccc2[nH]ccc2c1. The van der Waals surface area contributed by atoms with Crippen molar-refractivity contribution < 1.29 is 9.18 Å². The molecule has 4 rings (SSSR count). The summed E-state index contributed by atoms with van der Waals surface area (Å²) in [5.74, 6) is -0.393. The van der Waals surface area contributed by atoms with Crippen LogP contribution in [0.5, 0.6) is 0 Å². The average Bonchev–Trinajstić information content (AvgIpc) is 3.28. The zero-order chi connectivity index (χ0) is 19.7. The topological polar surface area (TPSA) is 60.7 Å². The van der Waals surface area contributed by atoms with Gasteiger partial charge in [-0.3, -0.25) is 4.79 Å². The monoisotopic (exact) mass is 375 g/mol. The summed E-state index contributed by atoms with van der Waals surface area (Å²) in [7, 11) is 0. The Hall–Kier alpha value is -3.34. The first kappa shape index (κ1) is 18.0. The minimum atomic E-state index is -0.249. The molecule has 5 heteroatoms. The van der Waals surface area contributed by atoms with Gasteiger partial charge in [0, 0.05) is 35.4 Å². The van der Waals surface area contributed by atoms with Crippen LogP contribution >= 0.6 is 0 Å². The van der Waals surface area contributed by atoms with Crippen molar-refractivity contribution in [3.05, 3.63) is 76.9 Å². The van der Waals surface area contributed by atoms with Gasteiger partial charge in [-0.25, -0.2) is 4.39 Å². The lowest BCUT2D eigenvalue weighted by Gasteiger charge is -2.05. The second-order valence-electron chi connectivity index (χ2n) is 7.04. The Kier molecular flexibility index (Phi) is 4.74. The van der Waals surface area contributed by atoms with Crippen LogP contribution in [0.3, 0.4) is 0 Å². The highest BCUT2D eigenvalue weighted by atomic mass is 19.1. The number of rotatable bonds is 5. The number of aryl methyl sites for hydroxylation is 2. The van der Waals surface area contributed by atoms with Gasteiger partial charge in [0.05, 0.1) is 5.52 Å². The summed E-state index contributed by atoms with van der Waals surface area (Å²) in [5, 5.41) is 4.94. The maximum absolute atomic E-state index is 14.0. The molecule has 2 aromatic carbocycles. The number of hydrogen-bond donors (Lipinski definition) is 3. The van der Waals surface area contributed by atoms with E-state index in [4.69, 9.17) is 0 Å². The van der Waals surface area contributed by atoms with E-state index in [-0.39, 0.29) is 11.7 Å². The van der Waals surface area contributed by atoms with Gasteiger partial charge in [-0.2, -0.15) is 0 Å². The fourth-order valence-electron chi connectivity index (χ4n) is 3.67. The quantitative estimate of drug-likeness (QED) is 0.432. The number of carbonyl (C=O) groups is 1. The highest BCUT2D eigenvalue weighted by molar-refractivity contribution is 5.93. The number of fused-ring (bicyclic) bond motifs is 2. The van der Waals surface area contributed by atoms with Crippen LogP contribution in [0.15, 0.2) is 48.7 Å². The van der Waals surface area contributed by atoms with Gasteiger partial charge >= 0.3 is 0 Å². The van der Waals surface area contributed by atoms with Crippen LogP contribution in [0.1, 0.15) is 22.4 Å². The molecule has 0 atom stereocenters. The number of halogens is 1. The Balaban J connectivity index is 1.41. The number of nitrogens with one attached hydrogen (secondary N) is 3. The van der Waals surface area contributed by atoms with Gasteiger partial charge in [0.25, 0.3) is 0 Å². The summed E-state index contributed by atoms with van der Waals surface area (Å²) >= 11 is 0. The highest BCUT2D eigenvalue weighted by Crippen LogP contribution is 2.27. The Bertz CT molecular complexity index is 1200. The normalized spacial score (nSPS) is 11.7.